The van der Waals surface area contributed by atoms with E-state index in [1.165, 1.54) is 25.3 Å². The standard InChI is InChI=1S/C23H19F3O5S/c1-14-5-3-4-6-18(14)19-9-8-17(23(24,25)26)11-16(19)13-32(29,30)21-12-15(22(27)28)7-10-20(21)31-2/h3-12H,13H2,1-2H3,(H,27,28). The topological polar surface area (TPSA) is 80.7 Å². The number of hydrogen-bond donors (Lipinski definition) is 1. The molecule has 5 nitrogen and oxygen atoms in total. The lowest BCUT2D eigenvalue weighted by Crippen LogP contribution is -2.12. The fraction of sp³-hybridized carbons (Fsp3) is 0.174. The van der Waals surface area contributed by atoms with Crippen molar-refractivity contribution < 1.29 is 36.2 Å². The summed E-state index contributed by atoms with van der Waals surface area (Å²) in [5.74, 6) is -2.22. The molecule has 3 rings (SSSR count). The van der Waals surface area contributed by atoms with Crippen LogP contribution in [0, 0.1) is 6.92 Å². The Labute approximate surface area is 183 Å². The first-order valence-corrected chi connectivity index (χ1v) is 11.0. The second kappa shape index (κ2) is 8.66. The Bertz CT molecular complexity index is 1280. The van der Waals surface area contributed by atoms with Gasteiger partial charge in [-0.2, -0.15) is 13.2 Å². The van der Waals surface area contributed by atoms with E-state index in [1.807, 2.05) is 0 Å². The third-order valence-corrected chi connectivity index (χ3v) is 6.64. The number of methoxy groups -OCH3 is 1. The quantitative estimate of drug-likeness (QED) is 0.531. The minimum absolute atomic E-state index is 0.0584. The molecule has 0 fully saturated rings. The van der Waals surface area contributed by atoms with Crippen molar-refractivity contribution in [2.45, 2.75) is 23.7 Å². The molecule has 0 saturated heterocycles. The second-order valence-electron chi connectivity index (χ2n) is 7.11. The summed E-state index contributed by atoms with van der Waals surface area (Å²) in [6, 6.07) is 13.2. The van der Waals surface area contributed by atoms with Crippen molar-refractivity contribution in [3.05, 3.63) is 82.9 Å². The number of benzene rings is 3. The maximum absolute atomic E-state index is 13.4. The van der Waals surface area contributed by atoms with Crippen LogP contribution in [-0.2, 0) is 21.8 Å². The highest BCUT2D eigenvalue weighted by atomic mass is 32.2. The number of aryl methyl sites for hydroxylation is 1. The summed E-state index contributed by atoms with van der Waals surface area (Å²) >= 11 is 0. The van der Waals surface area contributed by atoms with Crippen molar-refractivity contribution in [3.8, 4) is 16.9 Å². The maximum Gasteiger partial charge on any atom is 0.416 e. The van der Waals surface area contributed by atoms with Gasteiger partial charge in [0.15, 0.2) is 9.84 Å². The lowest BCUT2D eigenvalue weighted by molar-refractivity contribution is -0.137. The molecule has 0 bridgehead atoms. The number of ether oxygens (including phenoxy) is 1. The van der Waals surface area contributed by atoms with Crippen LogP contribution in [0.5, 0.6) is 5.75 Å². The molecule has 1 N–H and O–H groups in total. The summed E-state index contributed by atoms with van der Waals surface area (Å²) in [7, 11) is -3.05. The smallest absolute Gasteiger partial charge is 0.416 e. The van der Waals surface area contributed by atoms with E-state index in [0.717, 1.165) is 23.8 Å². The van der Waals surface area contributed by atoms with Crippen molar-refractivity contribution in [1.82, 2.24) is 0 Å². The van der Waals surface area contributed by atoms with Crippen LogP contribution in [0.4, 0.5) is 13.2 Å². The molecule has 0 unspecified atom stereocenters. The van der Waals surface area contributed by atoms with Gasteiger partial charge in [0.25, 0.3) is 0 Å². The van der Waals surface area contributed by atoms with E-state index in [2.05, 4.69) is 0 Å². The first kappa shape index (κ1) is 23.3. The average molecular weight is 464 g/mol. The van der Waals surface area contributed by atoms with Crippen molar-refractivity contribution in [3.63, 3.8) is 0 Å². The van der Waals surface area contributed by atoms with Crippen molar-refractivity contribution >= 4 is 15.8 Å². The average Bonchev–Trinajstić information content (AvgIpc) is 2.73. The Kier molecular flexibility index (Phi) is 6.32. The molecule has 0 radical (unpaired) electrons. The summed E-state index contributed by atoms with van der Waals surface area (Å²) in [6.07, 6.45) is -4.66. The van der Waals surface area contributed by atoms with E-state index in [1.54, 1.807) is 31.2 Å². The number of hydrogen-bond acceptors (Lipinski definition) is 4. The molecule has 0 aliphatic heterocycles. The van der Waals surface area contributed by atoms with E-state index in [0.29, 0.717) is 11.1 Å². The Balaban J connectivity index is 2.20. The number of alkyl halides is 3. The van der Waals surface area contributed by atoms with Gasteiger partial charge in [-0.25, -0.2) is 13.2 Å². The zero-order valence-corrected chi connectivity index (χ0v) is 17.9. The normalized spacial score (nSPS) is 11.9. The van der Waals surface area contributed by atoms with Gasteiger partial charge in [-0.1, -0.05) is 30.3 Å². The number of aromatic carboxylic acids is 1. The molecule has 0 atom stereocenters. The van der Waals surface area contributed by atoms with Crippen molar-refractivity contribution in [2.24, 2.45) is 0 Å². The number of carboxylic acids is 1. The molecule has 0 amide bonds. The fourth-order valence-electron chi connectivity index (χ4n) is 3.36. The minimum atomic E-state index is -4.66. The van der Waals surface area contributed by atoms with Gasteiger partial charge in [0.1, 0.15) is 10.6 Å². The Morgan fingerprint density at radius 2 is 1.69 bits per heavy atom. The van der Waals surface area contributed by atoms with Gasteiger partial charge in [-0.3, -0.25) is 0 Å². The van der Waals surface area contributed by atoms with Crippen LogP contribution < -0.4 is 4.74 Å². The molecular formula is C23H19F3O5S. The molecule has 168 valence electrons. The largest absolute Gasteiger partial charge is 0.495 e. The third kappa shape index (κ3) is 4.77. The second-order valence-corrected chi connectivity index (χ2v) is 9.07. The van der Waals surface area contributed by atoms with Crippen LogP contribution in [-0.4, -0.2) is 26.6 Å². The summed E-state index contributed by atoms with van der Waals surface area (Å²) in [5.41, 5.74) is 0.373. The summed E-state index contributed by atoms with van der Waals surface area (Å²) < 4.78 is 71.6. The Morgan fingerprint density at radius 3 is 2.28 bits per heavy atom. The molecular weight excluding hydrogens is 445 g/mol. The molecule has 0 aliphatic rings. The molecule has 0 aromatic heterocycles. The van der Waals surface area contributed by atoms with Crippen molar-refractivity contribution in [2.75, 3.05) is 7.11 Å². The van der Waals surface area contributed by atoms with E-state index in [4.69, 9.17) is 4.74 Å². The molecule has 0 spiro atoms. The van der Waals surface area contributed by atoms with Crippen LogP contribution in [0.3, 0.4) is 0 Å². The van der Waals surface area contributed by atoms with E-state index < -0.39 is 38.2 Å². The molecule has 0 aliphatic carbocycles. The first-order chi connectivity index (χ1) is 14.9. The highest BCUT2D eigenvalue weighted by Gasteiger charge is 2.32. The summed E-state index contributed by atoms with van der Waals surface area (Å²) in [5, 5.41) is 9.22. The molecule has 0 saturated carbocycles. The third-order valence-electron chi connectivity index (χ3n) is 4.96. The van der Waals surface area contributed by atoms with E-state index in [-0.39, 0.29) is 16.9 Å². The SMILES string of the molecule is COc1ccc(C(=O)O)cc1S(=O)(=O)Cc1cc(C(F)(F)F)ccc1-c1ccccc1C. The predicted octanol–water partition coefficient (Wildman–Crippen LogP) is 5.36. The van der Waals surface area contributed by atoms with Gasteiger partial charge in [-0.15, -0.1) is 0 Å². The van der Waals surface area contributed by atoms with Gasteiger partial charge < -0.3 is 9.84 Å². The molecule has 32 heavy (non-hydrogen) atoms. The zero-order valence-electron chi connectivity index (χ0n) is 17.1. The number of sulfone groups is 1. The highest BCUT2D eigenvalue weighted by molar-refractivity contribution is 7.90. The van der Waals surface area contributed by atoms with Crippen LogP contribution in [0.15, 0.2) is 65.6 Å². The van der Waals surface area contributed by atoms with Crippen molar-refractivity contribution in [1.29, 1.82) is 0 Å². The summed E-state index contributed by atoms with van der Waals surface area (Å²) in [6.45, 7) is 1.77. The Morgan fingerprint density at radius 1 is 1.00 bits per heavy atom. The van der Waals surface area contributed by atoms with Crippen LogP contribution in [0.1, 0.15) is 27.0 Å². The van der Waals surface area contributed by atoms with Gasteiger partial charge >= 0.3 is 12.1 Å². The van der Waals surface area contributed by atoms with Gasteiger partial charge in [0.2, 0.25) is 0 Å². The lowest BCUT2D eigenvalue weighted by Gasteiger charge is -2.17. The molecule has 0 heterocycles. The molecule has 9 heteroatoms. The van der Waals surface area contributed by atoms with Crippen LogP contribution >= 0.6 is 0 Å². The molecule has 3 aromatic rings. The Hall–Kier alpha value is -3.33. The lowest BCUT2D eigenvalue weighted by atomic mass is 9.95. The highest BCUT2D eigenvalue weighted by Crippen LogP contribution is 2.37. The van der Waals surface area contributed by atoms with Crippen LogP contribution in [0.2, 0.25) is 0 Å². The zero-order chi connectivity index (χ0) is 23.7. The van der Waals surface area contributed by atoms with Crippen LogP contribution in [0.25, 0.3) is 11.1 Å². The minimum Gasteiger partial charge on any atom is -0.495 e. The monoisotopic (exact) mass is 464 g/mol. The fourth-order valence-corrected chi connectivity index (χ4v) is 4.93. The number of carboxylic acid groups (broad SMARTS) is 1. The van der Waals surface area contributed by atoms with E-state index in [9.17, 15) is 31.5 Å². The number of carbonyl (C=O) groups is 1. The van der Waals surface area contributed by atoms with Gasteiger partial charge in [-0.05, 0) is 59.5 Å². The summed E-state index contributed by atoms with van der Waals surface area (Å²) in [4.78, 5) is 10.9. The first-order valence-electron chi connectivity index (χ1n) is 9.34. The number of halogens is 3. The van der Waals surface area contributed by atoms with E-state index >= 15 is 0 Å². The molecule has 3 aromatic carbocycles. The number of rotatable bonds is 6. The maximum atomic E-state index is 13.4. The predicted molar refractivity (Wildman–Crippen MR) is 112 cm³/mol. The van der Waals surface area contributed by atoms with Gasteiger partial charge in [0, 0.05) is 0 Å². The van der Waals surface area contributed by atoms with Gasteiger partial charge in [0.05, 0.1) is 24.0 Å².